The molecule has 1 amide bonds. The molecule has 0 aliphatic heterocycles. The number of carboxylic acids is 1. The smallest absolute Gasteiger partial charge is 0.337 e. The number of rotatable bonds is 5. The average molecular weight is 511 g/mol. The summed E-state index contributed by atoms with van der Waals surface area (Å²) in [5, 5.41) is 13.6. The third-order valence-corrected chi connectivity index (χ3v) is 6.22. The van der Waals surface area contributed by atoms with E-state index < -0.39 is 5.97 Å². The number of carboxylic acid groups (broad SMARTS) is 1. The molecule has 0 radical (unpaired) electrons. The first-order valence-corrected chi connectivity index (χ1v) is 11.9. The summed E-state index contributed by atoms with van der Waals surface area (Å²) in [6.45, 7) is 7.06. The number of H-pyrrole nitrogens is 1. The highest BCUT2D eigenvalue weighted by Gasteiger charge is 2.13. The molecule has 5 nitrogen and oxygen atoms in total. The van der Waals surface area contributed by atoms with E-state index in [2.05, 4.69) is 55.3 Å². The summed E-state index contributed by atoms with van der Waals surface area (Å²) in [7, 11) is 0. The molecule has 0 saturated carbocycles. The van der Waals surface area contributed by atoms with Crippen LogP contribution in [0.25, 0.3) is 10.9 Å². The molecule has 4 rings (SSSR count). The summed E-state index contributed by atoms with van der Waals surface area (Å²) in [5.41, 5.74) is 4.35. The van der Waals surface area contributed by atoms with Gasteiger partial charge < -0.3 is 15.4 Å². The van der Waals surface area contributed by atoms with Crippen molar-refractivity contribution in [2.24, 2.45) is 0 Å². The van der Waals surface area contributed by atoms with Crippen molar-refractivity contribution in [2.45, 2.75) is 39.2 Å². The number of aromatic carboxylic acids is 1. The molecule has 35 heavy (non-hydrogen) atoms. The van der Waals surface area contributed by atoms with E-state index in [0.29, 0.717) is 27.7 Å². The Kier molecular flexibility index (Phi) is 8.60. The van der Waals surface area contributed by atoms with Crippen LogP contribution in [-0.2, 0) is 23.2 Å². The molecule has 0 saturated heterocycles. The lowest BCUT2D eigenvalue weighted by Gasteiger charge is -2.19. The van der Waals surface area contributed by atoms with Gasteiger partial charge in [0.2, 0.25) is 5.91 Å². The van der Waals surface area contributed by atoms with E-state index in [1.807, 2.05) is 18.2 Å². The fraction of sp³-hybridized carbons (Fsp3) is 0.214. The largest absolute Gasteiger partial charge is 0.478 e. The van der Waals surface area contributed by atoms with Crippen molar-refractivity contribution >= 4 is 46.0 Å². The van der Waals surface area contributed by atoms with Gasteiger partial charge in [-0.15, -0.1) is 0 Å². The quantitative estimate of drug-likeness (QED) is 0.269. The molecule has 0 atom stereocenters. The number of para-hydroxylation sites is 1. The van der Waals surface area contributed by atoms with Crippen LogP contribution in [0.2, 0.25) is 10.0 Å². The number of carbonyl (C=O) groups is 2. The molecule has 3 aromatic carbocycles. The number of fused-ring (bicyclic) bond motifs is 1. The van der Waals surface area contributed by atoms with Crippen LogP contribution in [0.15, 0.2) is 72.9 Å². The highest BCUT2D eigenvalue weighted by atomic mass is 35.5. The van der Waals surface area contributed by atoms with E-state index in [1.165, 1.54) is 5.56 Å². The summed E-state index contributed by atoms with van der Waals surface area (Å²) in [4.78, 5) is 25.6. The Morgan fingerprint density at radius 1 is 0.914 bits per heavy atom. The normalized spacial score (nSPS) is 11.0. The molecule has 0 spiro atoms. The van der Waals surface area contributed by atoms with Gasteiger partial charge in [-0.25, -0.2) is 4.79 Å². The summed E-state index contributed by atoms with van der Waals surface area (Å²) in [6, 6.07) is 20.6. The Bertz CT molecular complexity index is 1320. The highest BCUT2D eigenvalue weighted by Crippen LogP contribution is 2.23. The molecule has 0 bridgehead atoms. The Morgan fingerprint density at radius 3 is 2.23 bits per heavy atom. The number of hydrogen-bond acceptors (Lipinski definition) is 2. The van der Waals surface area contributed by atoms with E-state index in [4.69, 9.17) is 28.3 Å². The van der Waals surface area contributed by atoms with Crippen molar-refractivity contribution in [2.75, 3.05) is 0 Å². The maximum absolute atomic E-state index is 12.0. The standard InChI is InChI=1S/C19H21Cl2NO.C9H7NO2/c1-19(2,3)15-7-4-13(5-8-15)12-22-18(23)11-14-6-9-16(20)17(21)10-14;11-9(12)7-3-1-2-6-4-5-10-8(6)7/h4-10H,11-12H2,1-3H3,(H,22,23);1-5,10H,(H,11,12). The molecule has 0 aliphatic rings. The monoisotopic (exact) mass is 510 g/mol. The molecular weight excluding hydrogens is 483 g/mol. The van der Waals surface area contributed by atoms with E-state index in [0.717, 1.165) is 16.5 Å². The molecule has 1 aromatic heterocycles. The molecular formula is C28H28Cl2N2O3. The van der Waals surface area contributed by atoms with E-state index in [9.17, 15) is 9.59 Å². The zero-order valence-corrected chi connectivity index (χ0v) is 21.4. The van der Waals surface area contributed by atoms with E-state index >= 15 is 0 Å². The lowest BCUT2D eigenvalue weighted by Crippen LogP contribution is -2.24. The first kappa shape index (κ1) is 26.3. The number of nitrogens with one attached hydrogen (secondary N) is 2. The first-order valence-electron chi connectivity index (χ1n) is 11.1. The Balaban J connectivity index is 0.000000237. The predicted octanol–water partition coefficient (Wildman–Crippen LogP) is 7.02. The average Bonchev–Trinajstić information content (AvgIpc) is 3.29. The fourth-order valence-electron chi connectivity index (χ4n) is 3.48. The second kappa shape index (κ2) is 11.4. The molecule has 182 valence electrons. The molecule has 7 heteroatoms. The van der Waals surface area contributed by atoms with Gasteiger partial charge in [-0.3, -0.25) is 4.79 Å². The van der Waals surface area contributed by atoms with Crippen LogP contribution < -0.4 is 5.32 Å². The number of aromatic nitrogens is 1. The van der Waals surface area contributed by atoms with Crippen molar-refractivity contribution in [3.05, 3.63) is 105 Å². The van der Waals surface area contributed by atoms with E-state index in [-0.39, 0.29) is 17.7 Å². The predicted molar refractivity (Wildman–Crippen MR) is 142 cm³/mol. The van der Waals surface area contributed by atoms with Gasteiger partial charge in [-0.2, -0.15) is 0 Å². The van der Waals surface area contributed by atoms with Crippen molar-refractivity contribution < 1.29 is 14.7 Å². The first-order chi connectivity index (χ1) is 16.5. The van der Waals surface area contributed by atoms with Crippen molar-refractivity contribution in [3.8, 4) is 0 Å². The molecule has 0 aliphatic carbocycles. The number of amides is 1. The summed E-state index contributed by atoms with van der Waals surface area (Å²) < 4.78 is 0. The highest BCUT2D eigenvalue weighted by molar-refractivity contribution is 6.42. The zero-order valence-electron chi connectivity index (χ0n) is 19.9. The van der Waals surface area contributed by atoms with Crippen molar-refractivity contribution in [1.82, 2.24) is 10.3 Å². The van der Waals surface area contributed by atoms with Crippen LogP contribution in [0.3, 0.4) is 0 Å². The number of hydrogen-bond donors (Lipinski definition) is 3. The van der Waals surface area contributed by atoms with Crippen molar-refractivity contribution in [3.63, 3.8) is 0 Å². The third kappa shape index (κ3) is 7.35. The van der Waals surface area contributed by atoms with Gasteiger partial charge in [0.05, 0.1) is 27.5 Å². The van der Waals surface area contributed by atoms with Gasteiger partial charge in [0.15, 0.2) is 0 Å². The SMILES string of the molecule is CC(C)(C)c1ccc(CNC(=O)Cc2ccc(Cl)c(Cl)c2)cc1.O=C(O)c1cccc2cc[nH]c12. The van der Waals surface area contributed by atoms with Gasteiger partial charge in [-0.1, -0.05) is 86.4 Å². The van der Waals surface area contributed by atoms with Gasteiger partial charge in [0, 0.05) is 18.1 Å². The number of halogens is 2. The maximum atomic E-state index is 12.0. The fourth-order valence-corrected chi connectivity index (χ4v) is 3.80. The molecule has 3 N–H and O–H groups in total. The van der Waals surface area contributed by atoms with Crippen LogP contribution in [0.1, 0.15) is 47.8 Å². The number of aromatic amines is 1. The molecule has 0 fully saturated rings. The van der Waals surface area contributed by atoms with Crippen LogP contribution in [0.4, 0.5) is 0 Å². The molecule has 4 aromatic rings. The molecule has 1 heterocycles. The minimum atomic E-state index is -0.900. The Labute approximate surface area is 215 Å². The van der Waals surface area contributed by atoms with Gasteiger partial charge >= 0.3 is 5.97 Å². The lowest BCUT2D eigenvalue weighted by atomic mass is 9.87. The Morgan fingerprint density at radius 2 is 1.60 bits per heavy atom. The second-order valence-corrected chi connectivity index (χ2v) is 10.0. The van der Waals surface area contributed by atoms with Crippen LogP contribution in [0.5, 0.6) is 0 Å². The maximum Gasteiger partial charge on any atom is 0.337 e. The van der Waals surface area contributed by atoms with E-state index in [1.54, 1.807) is 30.5 Å². The van der Waals surface area contributed by atoms with Crippen LogP contribution in [-0.4, -0.2) is 22.0 Å². The lowest BCUT2D eigenvalue weighted by molar-refractivity contribution is -0.120. The number of benzene rings is 3. The summed E-state index contributed by atoms with van der Waals surface area (Å²) in [5.74, 6) is -0.939. The van der Waals surface area contributed by atoms with Gasteiger partial charge in [0.25, 0.3) is 0 Å². The van der Waals surface area contributed by atoms with Crippen LogP contribution >= 0.6 is 23.2 Å². The Hall–Kier alpha value is -3.28. The summed E-state index contributed by atoms with van der Waals surface area (Å²) >= 11 is 11.8. The second-order valence-electron chi connectivity index (χ2n) is 9.20. The van der Waals surface area contributed by atoms with Crippen molar-refractivity contribution in [1.29, 1.82) is 0 Å². The van der Waals surface area contributed by atoms with Crippen LogP contribution in [0, 0.1) is 0 Å². The summed E-state index contributed by atoms with van der Waals surface area (Å²) in [6.07, 6.45) is 2.02. The topological polar surface area (TPSA) is 82.2 Å². The zero-order chi connectivity index (χ0) is 25.6. The molecule has 0 unspecified atom stereocenters. The minimum Gasteiger partial charge on any atom is -0.478 e. The number of carbonyl (C=O) groups excluding carboxylic acids is 1. The van der Waals surface area contributed by atoms with Gasteiger partial charge in [-0.05, 0) is 46.4 Å². The third-order valence-electron chi connectivity index (χ3n) is 5.48. The van der Waals surface area contributed by atoms with Gasteiger partial charge in [0.1, 0.15) is 0 Å². The minimum absolute atomic E-state index is 0.0386.